The summed E-state index contributed by atoms with van der Waals surface area (Å²) in [6.07, 6.45) is 2.30. The second-order valence-corrected chi connectivity index (χ2v) is 5.96. The number of ether oxygens (including phenoxy) is 1. The van der Waals surface area contributed by atoms with Gasteiger partial charge < -0.3 is 14.2 Å². The minimum atomic E-state index is -0.552. The van der Waals surface area contributed by atoms with Gasteiger partial charge in [-0.3, -0.25) is 4.79 Å². The van der Waals surface area contributed by atoms with Crippen molar-refractivity contribution in [1.29, 1.82) is 0 Å². The Morgan fingerprint density at radius 2 is 2.14 bits per heavy atom. The summed E-state index contributed by atoms with van der Waals surface area (Å²) in [5.74, 6) is -0.633. The van der Waals surface area contributed by atoms with Crippen LogP contribution in [0.2, 0.25) is 0 Å². The molecule has 1 aliphatic carbocycles. The first-order chi connectivity index (χ1) is 9.77. The van der Waals surface area contributed by atoms with Crippen LogP contribution in [-0.4, -0.2) is 42.5 Å². The van der Waals surface area contributed by atoms with Crippen molar-refractivity contribution in [1.82, 2.24) is 10.1 Å². The zero-order valence-corrected chi connectivity index (χ0v) is 13.0. The maximum absolute atomic E-state index is 12.5. The second-order valence-electron chi connectivity index (χ2n) is 5.96. The van der Waals surface area contributed by atoms with Crippen LogP contribution in [0.3, 0.4) is 0 Å². The van der Waals surface area contributed by atoms with Crippen LogP contribution in [0.5, 0.6) is 0 Å². The largest absolute Gasteiger partial charge is 0.461 e. The van der Waals surface area contributed by atoms with E-state index in [4.69, 9.17) is 9.26 Å². The molecule has 0 N–H and O–H groups in total. The van der Waals surface area contributed by atoms with E-state index in [0.717, 1.165) is 0 Å². The molecule has 0 spiro atoms. The van der Waals surface area contributed by atoms with Gasteiger partial charge in [0.1, 0.15) is 0 Å². The van der Waals surface area contributed by atoms with Crippen molar-refractivity contribution in [2.45, 2.75) is 32.6 Å². The molecule has 0 aliphatic heterocycles. The highest BCUT2D eigenvalue weighted by Crippen LogP contribution is 2.41. The lowest BCUT2D eigenvalue weighted by Gasteiger charge is -2.30. The predicted octanol–water partition coefficient (Wildman–Crippen LogP) is 2.16. The first kappa shape index (κ1) is 15.3. The van der Waals surface area contributed by atoms with E-state index in [0.29, 0.717) is 17.6 Å². The van der Waals surface area contributed by atoms with Gasteiger partial charge in [0.05, 0.1) is 6.61 Å². The Hall–Kier alpha value is -2.11. The van der Waals surface area contributed by atoms with Gasteiger partial charge in [0, 0.05) is 36.8 Å². The third-order valence-corrected chi connectivity index (χ3v) is 3.38. The number of rotatable bonds is 3. The second kappa shape index (κ2) is 5.35. The summed E-state index contributed by atoms with van der Waals surface area (Å²) in [6, 6.07) is 0. The minimum absolute atomic E-state index is 0.106. The summed E-state index contributed by atoms with van der Waals surface area (Å²) in [5, 5.41) is 3.76. The average Bonchev–Trinajstić information content (AvgIpc) is 2.81. The molecule has 6 heteroatoms. The molecule has 0 unspecified atom stereocenters. The van der Waals surface area contributed by atoms with Gasteiger partial charge >= 0.3 is 5.97 Å². The maximum Gasteiger partial charge on any atom is 0.360 e. The highest BCUT2D eigenvalue weighted by atomic mass is 16.5. The molecule has 0 fully saturated rings. The van der Waals surface area contributed by atoms with Gasteiger partial charge in [0.25, 0.3) is 0 Å². The Bertz CT molecular complexity index is 611. The fourth-order valence-corrected chi connectivity index (χ4v) is 2.62. The van der Waals surface area contributed by atoms with E-state index in [9.17, 15) is 9.59 Å². The number of Topliss-reactive ketones (excluding diaryl/α,β-unsaturated/α-hetero) is 1. The summed E-state index contributed by atoms with van der Waals surface area (Å²) in [6.45, 7) is 5.89. The SMILES string of the molecule is CCOC(=O)c1noc2c1C(C)(C)CC(=CN(C)C)C2=O. The molecule has 0 atom stereocenters. The molecule has 1 aromatic rings. The molecule has 0 saturated carbocycles. The number of ketones is 1. The van der Waals surface area contributed by atoms with Crippen molar-refractivity contribution in [2.24, 2.45) is 0 Å². The topological polar surface area (TPSA) is 72.6 Å². The van der Waals surface area contributed by atoms with Crippen LogP contribution in [0.4, 0.5) is 0 Å². The first-order valence-electron chi connectivity index (χ1n) is 6.87. The molecular formula is C15H20N2O4. The van der Waals surface area contributed by atoms with Gasteiger partial charge in [0.15, 0.2) is 5.69 Å². The number of carbonyl (C=O) groups is 2. The van der Waals surface area contributed by atoms with Crippen molar-refractivity contribution >= 4 is 11.8 Å². The number of esters is 1. The highest BCUT2D eigenvalue weighted by molar-refractivity contribution is 6.10. The molecule has 0 bridgehead atoms. The number of carbonyl (C=O) groups excluding carboxylic acids is 2. The molecular weight excluding hydrogens is 272 g/mol. The average molecular weight is 292 g/mol. The van der Waals surface area contributed by atoms with Gasteiger partial charge in [-0.05, 0) is 13.3 Å². The predicted molar refractivity (Wildman–Crippen MR) is 76.2 cm³/mol. The van der Waals surface area contributed by atoms with Gasteiger partial charge in [-0.15, -0.1) is 0 Å². The fourth-order valence-electron chi connectivity index (χ4n) is 2.62. The smallest absolute Gasteiger partial charge is 0.360 e. The zero-order valence-electron chi connectivity index (χ0n) is 13.0. The van der Waals surface area contributed by atoms with E-state index in [1.54, 1.807) is 13.1 Å². The Balaban J connectivity index is 2.53. The minimum Gasteiger partial charge on any atom is -0.461 e. The van der Waals surface area contributed by atoms with Crippen molar-refractivity contribution in [3.05, 3.63) is 28.8 Å². The number of hydrogen-bond donors (Lipinski definition) is 0. The van der Waals surface area contributed by atoms with Crippen molar-refractivity contribution in [3.63, 3.8) is 0 Å². The summed E-state index contributed by atoms with van der Waals surface area (Å²) < 4.78 is 10.1. The number of fused-ring (bicyclic) bond motifs is 1. The number of allylic oxidation sites excluding steroid dienone is 1. The molecule has 0 radical (unpaired) electrons. The van der Waals surface area contributed by atoms with E-state index in [1.165, 1.54) is 0 Å². The lowest BCUT2D eigenvalue weighted by atomic mass is 9.72. The summed E-state index contributed by atoms with van der Waals surface area (Å²) in [4.78, 5) is 26.2. The Morgan fingerprint density at radius 3 is 2.71 bits per heavy atom. The molecule has 1 aromatic heterocycles. The third kappa shape index (κ3) is 2.70. The zero-order chi connectivity index (χ0) is 15.8. The maximum atomic E-state index is 12.5. The van der Waals surface area contributed by atoms with Crippen LogP contribution in [0, 0.1) is 0 Å². The number of hydrogen-bond acceptors (Lipinski definition) is 6. The van der Waals surface area contributed by atoms with Crippen LogP contribution in [-0.2, 0) is 10.2 Å². The molecule has 6 nitrogen and oxygen atoms in total. The van der Waals surface area contributed by atoms with Crippen LogP contribution < -0.4 is 0 Å². The van der Waals surface area contributed by atoms with Crippen LogP contribution in [0.25, 0.3) is 0 Å². The molecule has 1 heterocycles. The Labute approximate surface area is 123 Å². The normalized spacial score (nSPS) is 18.5. The molecule has 21 heavy (non-hydrogen) atoms. The monoisotopic (exact) mass is 292 g/mol. The van der Waals surface area contributed by atoms with E-state index < -0.39 is 11.4 Å². The lowest BCUT2D eigenvalue weighted by Crippen LogP contribution is -2.31. The molecule has 2 rings (SSSR count). The van der Waals surface area contributed by atoms with Gasteiger partial charge in [-0.2, -0.15) is 0 Å². The quantitative estimate of drug-likeness (QED) is 0.628. The summed E-state index contributed by atoms with van der Waals surface area (Å²) in [5.41, 5.74) is 0.868. The number of aromatic nitrogens is 1. The van der Waals surface area contributed by atoms with Gasteiger partial charge in [0.2, 0.25) is 11.5 Å². The van der Waals surface area contributed by atoms with Crippen molar-refractivity contribution in [3.8, 4) is 0 Å². The Morgan fingerprint density at radius 1 is 1.48 bits per heavy atom. The Kier molecular flexibility index (Phi) is 3.89. The van der Waals surface area contributed by atoms with Crippen LogP contribution in [0.15, 0.2) is 16.3 Å². The molecule has 0 saturated heterocycles. The van der Waals surface area contributed by atoms with Gasteiger partial charge in [-0.1, -0.05) is 19.0 Å². The first-order valence-corrected chi connectivity index (χ1v) is 6.87. The standard InChI is InChI=1S/C15H20N2O4/c1-6-20-14(19)11-10-13(21-16-11)12(18)9(8-17(4)5)7-15(10,2)3/h8H,6-7H2,1-5H3. The molecule has 0 aromatic carbocycles. The number of nitrogens with zero attached hydrogens (tertiary/aromatic N) is 2. The van der Waals surface area contributed by atoms with Crippen molar-refractivity contribution in [2.75, 3.05) is 20.7 Å². The van der Waals surface area contributed by atoms with E-state index in [-0.39, 0.29) is 23.8 Å². The molecule has 1 aliphatic rings. The molecule has 0 amide bonds. The van der Waals surface area contributed by atoms with E-state index in [2.05, 4.69) is 5.16 Å². The lowest BCUT2D eigenvalue weighted by molar-refractivity contribution is 0.0511. The van der Waals surface area contributed by atoms with Crippen LogP contribution in [0.1, 0.15) is 53.8 Å². The fraction of sp³-hybridized carbons (Fsp3) is 0.533. The van der Waals surface area contributed by atoms with Crippen LogP contribution >= 0.6 is 0 Å². The van der Waals surface area contributed by atoms with Crippen molar-refractivity contribution < 1.29 is 18.8 Å². The van der Waals surface area contributed by atoms with Gasteiger partial charge in [-0.25, -0.2) is 4.79 Å². The molecule has 114 valence electrons. The third-order valence-electron chi connectivity index (χ3n) is 3.38. The van der Waals surface area contributed by atoms with E-state index in [1.807, 2.05) is 32.8 Å². The summed E-state index contributed by atoms with van der Waals surface area (Å²) in [7, 11) is 3.71. The summed E-state index contributed by atoms with van der Waals surface area (Å²) >= 11 is 0. The highest BCUT2D eigenvalue weighted by Gasteiger charge is 2.43. The van der Waals surface area contributed by atoms with E-state index >= 15 is 0 Å².